The number of unbranched alkanes of at least 4 members (excludes halogenated alkanes) is 22. The summed E-state index contributed by atoms with van der Waals surface area (Å²) < 4.78 is 18.0. The molecule has 7 nitrogen and oxygen atoms in total. The number of rotatable bonds is 35. The Bertz CT molecular complexity index is 933. The van der Waals surface area contributed by atoms with Crippen molar-refractivity contribution < 1.29 is 23.8 Å². The van der Waals surface area contributed by atoms with Gasteiger partial charge in [-0.15, -0.1) is 0 Å². The molecular formula is C47H88N2O5. The Morgan fingerprint density at radius 1 is 0.704 bits per heavy atom. The summed E-state index contributed by atoms with van der Waals surface area (Å²) in [5, 5.41) is 3.31. The van der Waals surface area contributed by atoms with Crippen molar-refractivity contribution in [2.24, 2.45) is 5.92 Å². The van der Waals surface area contributed by atoms with Gasteiger partial charge in [-0.1, -0.05) is 154 Å². The number of nitrogens with zero attached hydrogens (tertiary/aromatic N) is 1. The summed E-state index contributed by atoms with van der Waals surface area (Å²) >= 11 is 0. The maximum absolute atomic E-state index is 13.3. The number of carbonyl (C=O) groups excluding carboxylic acids is 2. The summed E-state index contributed by atoms with van der Waals surface area (Å²) in [5.41, 5.74) is -0.251. The minimum Gasteiger partial charge on any atom is -0.463 e. The van der Waals surface area contributed by atoms with Crippen LogP contribution in [0.5, 0.6) is 0 Å². The molecule has 2 rings (SSSR count). The Labute approximate surface area is 334 Å². The molecule has 0 aromatic carbocycles. The number of nitrogens with one attached hydrogen (secondary N) is 1. The largest absolute Gasteiger partial charge is 0.463 e. The molecule has 2 aliphatic rings. The van der Waals surface area contributed by atoms with E-state index in [-0.39, 0.29) is 36.2 Å². The van der Waals surface area contributed by atoms with Gasteiger partial charge in [-0.3, -0.25) is 14.5 Å². The zero-order chi connectivity index (χ0) is 39.0. The molecule has 2 heterocycles. The number of morpholine rings is 1. The van der Waals surface area contributed by atoms with E-state index in [0.29, 0.717) is 25.3 Å². The van der Waals surface area contributed by atoms with Crippen LogP contribution < -0.4 is 5.32 Å². The third-order valence-electron chi connectivity index (χ3n) is 11.7. The Kier molecular flexibility index (Phi) is 29.4. The summed E-state index contributed by atoms with van der Waals surface area (Å²) in [7, 11) is 0. The normalized spacial score (nSPS) is 19.4. The molecule has 0 bridgehead atoms. The number of esters is 1. The first kappa shape index (κ1) is 48.7. The second-order valence-electron chi connectivity index (χ2n) is 17.4. The van der Waals surface area contributed by atoms with Crippen LogP contribution in [0.2, 0.25) is 0 Å². The molecule has 7 heteroatoms. The lowest BCUT2D eigenvalue weighted by Crippen LogP contribution is -2.49. The van der Waals surface area contributed by atoms with Gasteiger partial charge in [0.25, 0.3) is 0 Å². The van der Waals surface area contributed by atoms with E-state index in [2.05, 4.69) is 50.1 Å². The smallest absolute Gasteiger partial charge is 0.307 e. The number of hydrogen-bond donors (Lipinski definition) is 1. The van der Waals surface area contributed by atoms with Crippen molar-refractivity contribution in [1.29, 1.82) is 0 Å². The first-order valence-corrected chi connectivity index (χ1v) is 23.4. The summed E-state index contributed by atoms with van der Waals surface area (Å²) in [6, 6.07) is -0.322. The Morgan fingerprint density at radius 2 is 1.20 bits per heavy atom. The molecule has 0 saturated carbocycles. The maximum Gasteiger partial charge on any atom is 0.307 e. The fraction of sp³-hybridized carbons (Fsp3) is 0.915. The second kappa shape index (κ2) is 32.6. The summed E-state index contributed by atoms with van der Waals surface area (Å²) in [4.78, 5) is 28.5. The van der Waals surface area contributed by atoms with Crippen LogP contribution in [0.3, 0.4) is 0 Å². The Hall–Kier alpha value is -1.44. The predicted octanol–water partition coefficient (Wildman–Crippen LogP) is 12.0. The summed E-state index contributed by atoms with van der Waals surface area (Å²) in [6.07, 6.45) is 39.8. The van der Waals surface area contributed by atoms with Gasteiger partial charge in [-0.2, -0.15) is 0 Å². The molecule has 2 fully saturated rings. The lowest BCUT2D eigenvalue weighted by atomic mass is 9.86. The van der Waals surface area contributed by atoms with Crippen LogP contribution in [-0.2, 0) is 23.8 Å². The molecule has 0 aliphatic carbocycles. The van der Waals surface area contributed by atoms with E-state index >= 15 is 0 Å². The minimum absolute atomic E-state index is 0.0550. The molecule has 316 valence electrons. The van der Waals surface area contributed by atoms with Crippen LogP contribution in [0.15, 0.2) is 12.2 Å². The van der Waals surface area contributed by atoms with Crippen molar-refractivity contribution in [3.05, 3.63) is 12.2 Å². The molecule has 0 radical (unpaired) electrons. The molecule has 2 aliphatic heterocycles. The second-order valence-corrected chi connectivity index (χ2v) is 17.4. The van der Waals surface area contributed by atoms with Crippen molar-refractivity contribution in [2.45, 2.75) is 232 Å². The third kappa shape index (κ3) is 25.7. The first-order valence-electron chi connectivity index (χ1n) is 23.4. The highest BCUT2D eigenvalue weighted by Gasteiger charge is 2.44. The number of hydrogen-bond acceptors (Lipinski definition) is 6. The van der Waals surface area contributed by atoms with E-state index in [9.17, 15) is 9.59 Å². The van der Waals surface area contributed by atoms with Crippen molar-refractivity contribution in [3.63, 3.8) is 0 Å². The van der Waals surface area contributed by atoms with E-state index in [1.165, 1.54) is 148 Å². The molecule has 1 amide bonds. The van der Waals surface area contributed by atoms with E-state index < -0.39 is 0 Å². The quantitative estimate of drug-likeness (QED) is 0.0394. The summed E-state index contributed by atoms with van der Waals surface area (Å²) in [6.45, 7) is 12.9. The first-order chi connectivity index (χ1) is 26.3. The highest BCUT2D eigenvalue weighted by Crippen LogP contribution is 2.39. The van der Waals surface area contributed by atoms with E-state index in [1.807, 2.05) is 0 Å². The zero-order valence-electron chi connectivity index (χ0n) is 36.1. The minimum atomic E-state index is -0.322. The van der Waals surface area contributed by atoms with Crippen LogP contribution in [0.4, 0.5) is 0 Å². The van der Waals surface area contributed by atoms with Gasteiger partial charge < -0.3 is 19.5 Å². The number of ether oxygens (including phenoxy) is 3. The molecule has 0 spiro atoms. The van der Waals surface area contributed by atoms with Crippen molar-refractivity contribution in [2.75, 3.05) is 39.5 Å². The maximum atomic E-state index is 13.3. The molecule has 0 unspecified atom stereocenters. The third-order valence-corrected chi connectivity index (χ3v) is 11.7. The monoisotopic (exact) mass is 761 g/mol. The van der Waals surface area contributed by atoms with Gasteiger partial charge in [0.2, 0.25) is 5.91 Å². The molecule has 0 aromatic rings. The van der Waals surface area contributed by atoms with Crippen LogP contribution >= 0.6 is 0 Å². The molecule has 1 N–H and O–H groups in total. The van der Waals surface area contributed by atoms with Crippen molar-refractivity contribution in [3.8, 4) is 0 Å². The molecule has 0 aromatic heterocycles. The fourth-order valence-electron chi connectivity index (χ4n) is 8.37. The highest BCUT2D eigenvalue weighted by atomic mass is 16.5. The van der Waals surface area contributed by atoms with Crippen LogP contribution in [0, 0.1) is 5.92 Å². The average molecular weight is 761 g/mol. The van der Waals surface area contributed by atoms with E-state index in [4.69, 9.17) is 14.2 Å². The topological polar surface area (TPSA) is 77.1 Å². The van der Waals surface area contributed by atoms with E-state index in [0.717, 1.165) is 52.0 Å². The summed E-state index contributed by atoms with van der Waals surface area (Å²) in [5.74, 6) is 0.201. The van der Waals surface area contributed by atoms with E-state index in [1.54, 1.807) is 0 Å². The molecular weight excluding hydrogens is 673 g/mol. The predicted molar refractivity (Wildman–Crippen MR) is 227 cm³/mol. The van der Waals surface area contributed by atoms with Crippen LogP contribution in [-0.4, -0.2) is 74.0 Å². The Balaban J connectivity index is 1.75. The lowest BCUT2D eigenvalue weighted by molar-refractivity contribution is -0.148. The van der Waals surface area contributed by atoms with Gasteiger partial charge in [0, 0.05) is 26.1 Å². The standard InChI is InChI=1S/C47H88N2O5/c1-5-7-9-11-13-15-17-19-20-21-23-25-27-29-31-33-44(50)48-43(41-53-45(51)34-35-49-36-38-52-39-37-49)46-42(40-47(3,4)54-46)32-30-28-26-24-22-18-16-14-12-10-8-6-2/h19-20,42-43,46H,5-18,21-41H2,1-4H3,(H,48,50)/b20-19-/t42-,43-,46+/m0/s1. The van der Waals surface area contributed by atoms with Gasteiger partial charge in [0.15, 0.2) is 0 Å². The number of amides is 1. The fourth-order valence-corrected chi connectivity index (χ4v) is 8.37. The van der Waals surface area contributed by atoms with Gasteiger partial charge in [0.1, 0.15) is 6.61 Å². The van der Waals surface area contributed by atoms with Crippen LogP contribution in [0.25, 0.3) is 0 Å². The number of carbonyl (C=O) groups is 2. The highest BCUT2D eigenvalue weighted by molar-refractivity contribution is 5.76. The van der Waals surface area contributed by atoms with Gasteiger partial charge in [-0.25, -0.2) is 0 Å². The van der Waals surface area contributed by atoms with Gasteiger partial charge >= 0.3 is 5.97 Å². The number of allylic oxidation sites excluding steroid dienone is 2. The Morgan fingerprint density at radius 3 is 1.76 bits per heavy atom. The van der Waals surface area contributed by atoms with Crippen molar-refractivity contribution >= 4 is 11.9 Å². The lowest BCUT2D eigenvalue weighted by Gasteiger charge is -2.30. The van der Waals surface area contributed by atoms with Gasteiger partial charge in [-0.05, 0) is 64.7 Å². The van der Waals surface area contributed by atoms with Crippen LogP contribution in [0.1, 0.15) is 214 Å². The molecule has 54 heavy (non-hydrogen) atoms. The molecule has 3 atom stereocenters. The SMILES string of the molecule is CCCCCCCC/C=C\CCCCCCCC(=O)N[C@@H](COC(=O)CCN1CCOCC1)[C@@H]1OC(C)(C)C[C@@H]1CCCCCCCCCCCCCC. The zero-order valence-corrected chi connectivity index (χ0v) is 36.1. The van der Waals surface area contributed by atoms with Crippen molar-refractivity contribution in [1.82, 2.24) is 10.2 Å². The van der Waals surface area contributed by atoms with Gasteiger partial charge in [0.05, 0.1) is 37.4 Å². The average Bonchev–Trinajstić information content (AvgIpc) is 3.48. The molecule has 2 saturated heterocycles.